The second kappa shape index (κ2) is 8.18. The molecule has 0 unspecified atom stereocenters. The molecule has 1 N–H and O–H groups in total. The largest absolute Gasteiger partial charge is 0.481 e. The lowest BCUT2D eigenvalue weighted by molar-refractivity contribution is -0.139. The fourth-order valence-corrected chi connectivity index (χ4v) is 2.89. The Hall–Kier alpha value is -1.06. The standard InChI is InChI=1S/C15H27NO3/c1-3-4-5-6-14(17)16(2)13-9-7-12(8-10-13)11-15(18)19/h12-13H,3-11H2,1-2H3,(H,18,19). The van der Waals surface area contributed by atoms with Crippen LogP contribution in [0.1, 0.15) is 64.7 Å². The Balaban J connectivity index is 2.29. The predicted molar refractivity (Wildman–Crippen MR) is 74.9 cm³/mol. The summed E-state index contributed by atoms with van der Waals surface area (Å²) in [5, 5.41) is 8.78. The molecule has 0 bridgehead atoms. The number of aliphatic carboxylic acids is 1. The molecule has 0 heterocycles. The van der Waals surface area contributed by atoms with Crippen molar-refractivity contribution in [3.63, 3.8) is 0 Å². The lowest BCUT2D eigenvalue weighted by Gasteiger charge is -2.34. The van der Waals surface area contributed by atoms with E-state index in [0.29, 0.717) is 18.4 Å². The van der Waals surface area contributed by atoms with Gasteiger partial charge in [0.15, 0.2) is 0 Å². The zero-order valence-corrected chi connectivity index (χ0v) is 12.2. The molecule has 1 fully saturated rings. The molecule has 0 aromatic rings. The van der Waals surface area contributed by atoms with E-state index in [1.807, 2.05) is 11.9 Å². The van der Waals surface area contributed by atoms with Crippen LogP contribution in [0.15, 0.2) is 0 Å². The molecule has 0 aromatic carbocycles. The van der Waals surface area contributed by atoms with Gasteiger partial charge in [-0.1, -0.05) is 19.8 Å². The number of carboxylic acid groups (broad SMARTS) is 1. The van der Waals surface area contributed by atoms with E-state index in [2.05, 4.69) is 6.92 Å². The van der Waals surface area contributed by atoms with Crippen molar-refractivity contribution in [2.75, 3.05) is 7.05 Å². The average molecular weight is 269 g/mol. The van der Waals surface area contributed by atoms with Gasteiger partial charge in [-0.3, -0.25) is 9.59 Å². The number of amides is 1. The number of hydrogen-bond donors (Lipinski definition) is 1. The molecule has 0 aliphatic heterocycles. The van der Waals surface area contributed by atoms with Gasteiger partial charge in [0.05, 0.1) is 0 Å². The summed E-state index contributed by atoms with van der Waals surface area (Å²) < 4.78 is 0. The van der Waals surface area contributed by atoms with Crippen LogP contribution in [-0.4, -0.2) is 35.0 Å². The van der Waals surface area contributed by atoms with Crippen LogP contribution in [0.25, 0.3) is 0 Å². The van der Waals surface area contributed by atoms with Crippen LogP contribution in [0.4, 0.5) is 0 Å². The van der Waals surface area contributed by atoms with E-state index in [0.717, 1.165) is 44.9 Å². The number of carbonyl (C=O) groups is 2. The predicted octanol–water partition coefficient (Wildman–Crippen LogP) is 3.06. The van der Waals surface area contributed by atoms with Crippen LogP contribution < -0.4 is 0 Å². The molecule has 1 amide bonds. The molecule has 4 nitrogen and oxygen atoms in total. The van der Waals surface area contributed by atoms with E-state index in [1.54, 1.807) is 0 Å². The fraction of sp³-hybridized carbons (Fsp3) is 0.867. The molecule has 19 heavy (non-hydrogen) atoms. The second-order valence-corrected chi connectivity index (χ2v) is 5.73. The van der Waals surface area contributed by atoms with Crippen molar-refractivity contribution in [2.45, 2.75) is 70.8 Å². The van der Waals surface area contributed by atoms with Gasteiger partial charge in [0.25, 0.3) is 0 Å². The van der Waals surface area contributed by atoms with Gasteiger partial charge in [0.1, 0.15) is 0 Å². The summed E-state index contributed by atoms with van der Waals surface area (Å²) in [7, 11) is 1.90. The summed E-state index contributed by atoms with van der Waals surface area (Å²) in [6, 6.07) is 0.319. The number of carboxylic acids is 1. The Morgan fingerprint density at radius 2 is 1.79 bits per heavy atom. The second-order valence-electron chi connectivity index (χ2n) is 5.73. The maximum atomic E-state index is 12.0. The maximum absolute atomic E-state index is 12.0. The molecule has 0 spiro atoms. The molecular formula is C15H27NO3. The first kappa shape index (κ1) is 16.0. The smallest absolute Gasteiger partial charge is 0.303 e. The molecule has 1 rings (SSSR count). The average Bonchev–Trinajstić information content (AvgIpc) is 2.38. The van der Waals surface area contributed by atoms with Crippen LogP contribution in [0.2, 0.25) is 0 Å². The highest BCUT2D eigenvalue weighted by Gasteiger charge is 2.27. The third kappa shape index (κ3) is 5.62. The molecule has 1 saturated carbocycles. The Morgan fingerprint density at radius 3 is 2.32 bits per heavy atom. The summed E-state index contributed by atoms with van der Waals surface area (Å²) in [4.78, 5) is 24.6. The third-order valence-corrected chi connectivity index (χ3v) is 4.21. The van der Waals surface area contributed by atoms with Gasteiger partial charge in [-0.15, -0.1) is 0 Å². The normalized spacial score (nSPS) is 23.1. The number of hydrogen-bond acceptors (Lipinski definition) is 2. The van der Waals surface area contributed by atoms with Crippen molar-refractivity contribution in [2.24, 2.45) is 5.92 Å². The van der Waals surface area contributed by atoms with Crippen molar-refractivity contribution in [3.8, 4) is 0 Å². The van der Waals surface area contributed by atoms with Gasteiger partial charge in [-0.05, 0) is 38.0 Å². The first-order valence-corrected chi connectivity index (χ1v) is 7.52. The highest BCUT2D eigenvalue weighted by molar-refractivity contribution is 5.76. The van der Waals surface area contributed by atoms with E-state index in [-0.39, 0.29) is 12.3 Å². The number of unbranched alkanes of at least 4 members (excludes halogenated alkanes) is 2. The number of rotatable bonds is 7. The molecule has 1 aliphatic rings. The van der Waals surface area contributed by atoms with E-state index >= 15 is 0 Å². The van der Waals surface area contributed by atoms with Crippen LogP contribution in [0, 0.1) is 5.92 Å². The minimum Gasteiger partial charge on any atom is -0.481 e. The third-order valence-electron chi connectivity index (χ3n) is 4.21. The zero-order valence-electron chi connectivity index (χ0n) is 12.2. The van der Waals surface area contributed by atoms with E-state index < -0.39 is 5.97 Å². The van der Waals surface area contributed by atoms with Crippen molar-refractivity contribution >= 4 is 11.9 Å². The summed E-state index contributed by atoms with van der Waals surface area (Å²) in [5.74, 6) is -0.153. The molecule has 0 atom stereocenters. The van der Waals surface area contributed by atoms with Crippen LogP contribution in [0.3, 0.4) is 0 Å². The SMILES string of the molecule is CCCCCC(=O)N(C)C1CCC(CC(=O)O)CC1. The Kier molecular flexibility index (Phi) is 6.89. The summed E-state index contributed by atoms with van der Waals surface area (Å²) in [5.41, 5.74) is 0. The highest BCUT2D eigenvalue weighted by Crippen LogP contribution is 2.29. The fourth-order valence-electron chi connectivity index (χ4n) is 2.89. The van der Waals surface area contributed by atoms with Gasteiger partial charge >= 0.3 is 5.97 Å². The Labute approximate surface area is 116 Å². The molecule has 4 heteroatoms. The molecular weight excluding hydrogens is 242 g/mol. The molecule has 0 aromatic heterocycles. The zero-order chi connectivity index (χ0) is 14.3. The first-order chi connectivity index (χ1) is 9.04. The van der Waals surface area contributed by atoms with E-state index in [4.69, 9.17) is 5.11 Å². The van der Waals surface area contributed by atoms with Gasteiger partial charge in [-0.25, -0.2) is 0 Å². The Bertz CT molecular complexity index is 296. The lowest BCUT2D eigenvalue weighted by atomic mass is 9.83. The monoisotopic (exact) mass is 269 g/mol. The molecule has 1 aliphatic carbocycles. The van der Waals surface area contributed by atoms with Gasteiger partial charge in [-0.2, -0.15) is 0 Å². The van der Waals surface area contributed by atoms with Crippen LogP contribution in [-0.2, 0) is 9.59 Å². The van der Waals surface area contributed by atoms with Gasteiger partial charge in [0.2, 0.25) is 5.91 Å². The minimum atomic E-state index is -0.701. The highest BCUT2D eigenvalue weighted by atomic mass is 16.4. The lowest BCUT2D eigenvalue weighted by Crippen LogP contribution is -2.39. The quantitative estimate of drug-likeness (QED) is 0.723. The van der Waals surface area contributed by atoms with Gasteiger partial charge < -0.3 is 10.0 Å². The summed E-state index contributed by atoms with van der Waals surface area (Å²) >= 11 is 0. The molecule has 110 valence electrons. The minimum absolute atomic E-state index is 0.245. The van der Waals surface area contributed by atoms with Crippen LogP contribution in [0.5, 0.6) is 0 Å². The number of nitrogens with zero attached hydrogens (tertiary/aromatic N) is 1. The number of carbonyl (C=O) groups excluding carboxylic acids is 1. The van der Waals surface area contributed by atoms with E-state index in [9.17, 15) is 9.59 Å². The maximum Gasteiger partial charge on any atom is 0.303 e. The van der Waals surface area contributed by atoms with Crippen molar-refractivity contribution in [1.29, 1.82) is 0 Å². The van der Waals surface area contributed by atoms with Crippen molar-refractivity contribution in [1.82, 2.24) is 4.90 Å². The topological polar surface area (TPSA) is 57.6 Å². The van der Waals surface area contributed by atoms with Crippen LogP contribution >= 0.6 is 0 Å². The van der Waals surface area contributed by atoms with Crippen molar-refractivity contribution in [3.05, 3.63) is 0 Å². The molecule has 0 saturated heterocycles. The van der Waals surface area contributed by atoms with E-state index in [1.165, 1.54) is 0 Å². The summed E-state index contributed by atoms with van der Waals surface area (Å²) in [6.07, 6.45) is 7.94. The van der Waals surface area contributed by atoms with Gasteiger partial charge in [0, 0.05) is 25.9 Å². The first-order valence-electron chi connectivity index (χ1n) is 7.52. The summed E-state index contributed by atoms with van der Waals surface area (Å²) in [6.45, 7) is 2.14. The Morgan fingerprint density at radius 1 is 1.16 bits per heavy atom. The molecule has 0 radical (unpaired) electrons. The van der Waals surface area contributed by atoms with Crippen molar-refractivity contribution < 1.29 is 14.7 Å².